The van der Waals surface area contributed by atoms with Gasteiger partial charge in [-0.25, -0.2) is 8.42 Å². The molecule has 0 saturated carbocycles. The zero-order chi connectivity index (χ0) is 28.4. The number of carbonyl (C=O) groups excluding carboxylic acids is 2. The summed E-state index contributed by atoms with van der Waals surface area (Å²) in [4.78, 5) is 28.8. The predicted molar refractivity (Wildman–Crippen MR) is 156 cm³/mol. The first kappa shape index (κ1) is 30.2. The highest BCUT2D eigenvalue weighted by atomic mass is 35.5. The van der Waals surface area contributed by atoms with Crippen molar-refractivity contribution in [3.05, 3.63) is 95.5 Å². The van der Waals surface area contributed by atoms with Gasteiger partial charge in [-0.05, 0) is 68.1 Å². The van der Waals surface area contributed by atoms with Crippen LogP contribution >= 0.6 is 11.6 Å². The number of halogens is 1. The number of nitrogens with one attached hydrogen (secondary N) is 1. The predicted octanol–water partition coefficient (Wildman–Crippen LogP) is 5.30. The van der Waals surface area contributed by atoms with E-state index in [9.17, 15) is 18.0 Å². The molecule has 0 fully saturated rings. The third-order valence-corrected chi connectivity index (χ3v) is 8.64. The molecule has 0 aliphatic rings. The Balaban J connectivity index is 1.99. The molecule has 0 spiro atoms. The molecule has 3 aromatic rings. The molecule has 7 nitrogen and oxygen atoms in total. The quantitative estimate of drug-likeness (QED) is 0.303. The molecule has 0 aliphatic carbocycles. The van der Waals surface area contributed by atoms with Crippen LogP contribution in [-0.2, 0) is 26.0 Å². The molecule has 9 heteroatoms. The van der Waals surface area contributed by atoms with Crippen molar-refractivity contribution < 1.29 is 18.0 Å². The molecule has 2 atom stereocenters. The number of nitrogens with zero attached hydrogens (tertiary/aromatic N) is 2. The maximum absolute atomic E-state index is 14.0. The topological polar surface area (TPSA) is 86.8 Å². The van der Waals surface area contributed by atoms with Gasteiger partial charge in [0, 0.05) is 17.6 Å². The van der Waals surface area contributed by atoms with Crippen LogP contribution in [0.2, 0.25) is 5.02 Å². The molecule has 1 N–H and O–H groups in total. The van der Waals surface area contributed by atoms with Crippen molar-refractivity contribution in [3.63, 3.8) is 0 Å². The number of amides is 2. The number of hydrogen-bond donors (Lipinski definition) is 1. The number of anilines is 1. The normalized spacial score (nSPS) is 12.8. The highest BCUT2D eigenvalue weighted by Gasteiger charge is 2.33. The van der Waals surface area contributed by atoms with E-state index in [0.717, 1.165) is 16.3 Å². The SMILES string of the molecule is CC[C@@H](C)NC(=O)[C@H](CC)N(CCc1ccccc1)C(=O)CN(c1ccc(Cl)cc1)S(=O)(=O)c1ccccc1. The molecule has 0 unspecified atom stereocenters. The van der Waals surface area contributed by atoms with Gasteiger partial charge < -0.3 is 10.2 Å². The van der Waals surface area contributed by atoms with Crippen molar-refractivity contribution in [3.8, 4) is 0 Å². The molecule has 0 heterocycles. The maximum atomic E-state index is 14.0. The van der Waals surface area contributed by atoms with Crippen LogP contribution in [0.15, 0.2) is 89.8 Å². The minimum atomic E-state index is -4.10. The zero-order valence-electron chi connectivity index (χ0n) is 22.6. The van der Waals surface area contributed by atoms with Crippen molar-refractivity contribution >= 4 is 39.1 Å². The summed E-state index contributed by atoms with van der Waals surface area (Å²) in [6, 6.07) is 23.1. The van der Waals surface area contributed by atoms with E-state index in [2.05, 4.69) is 5.32 Å². The summed E-state index contributed by atoms with van der Waals surface area (Å²) in [6.45, 7) is 5.52. The van der Waals surface area contributed by atoms with Gasteiger partial charge in [0.15, 0.2) is 0 Å². The van der Waals surface area contributed by atoms with E-state index in [4.69, 9.17) is 11.6 Å². The Morgan fingerprint density at radius 2 is 1.46 bits per heavy atom. The molecule has 2 amide bonds. The fourth-order valence-electron chi connectivity index (χ4n) is 4.19. The van der Waals surface area contributed by atoms with E-state index in [1.165, 1.54) is 17.0 Å². The molecular formula is C30H36ClN3O4S. The molecule has 0 radical (unpaired) electrons. The van der Waals surface area contributed by atoms with Gasteiger partial charge in [0.2, 0.25) is 11.8 Å². The number of sulfonamides is 1. The van der Waals surface area contributed by atoms with Gasteiger partial charge >= 0.3 is 0 Å². The van der Waals surface area contributed by atoms with Crippen LogP contribution in [0.3, 0.4) is 0 Å². The molecule has 0 saturated heterocycles. The van der Waals surface area contributed by atoms with Gasteiger partial charge in [0.05, 0.1) is 10.6 Å². The second-order valence-electron chi connectivity index (χ2n) is 9.37. The van der Waals surface area contributed by atoms with Crippen LogP contribution in [0.5, 0.6) is 0 Å². The summed E-state index contributed by atoms with van der Waals surface area (Å²) in [6.07, 6.45) is 1.65. The molecule has 39 heavy (non-hydrogen) atoms. The van der Waals surface area contributed by atoms with E-state index >= 15 is 0 Å². The van der Waals surface area contributed by atoms with Crippen LogP contribution in [0.1, 0.15) is 39.2 Å². The molecule has 0 aromatic heterocycles. The maximum Gasteiger partial charge on any atom is 0.264 e. The Hall–Kier alpha value is -3.36. The van der Waals surface area contributed by atoms with Gasteiger partial charge in [0.1, 0.15) is 12.6 Å². The smallest absolute Gasteiger partial charge is 0.264 e. The first-order valence-corrected chi connectivity index (χ1v) is 15.0. The van der Waals surface area contributed by atoms with Gasteiger partial charge in [-0.3, -0.25) is 13.9 Å². The van der Waals surface area contributed by atoms with E-state index in [0.29, 0.717) is 23.6 Å². The zero-order valence-corrected chi connectivity index (χ0v) is 24.2. The molecule has 3 rings (SSSR count). The molecule has 208 valence electrons. The number of rotatable bonds is 13. The lowest BCUT2D eigenvalue weighted by molar-refractivity contribution is -0.139. The second kappa shape index (κ2) is 14.1. The Morgan fingerprint density at radius 1 is 0.872 bits per heavy atom. The summed E-state index contributed by atoms with van der Waals surface area (Å²) >= 11 is 6.06. The standard InChI is InChI=1S/C30H36ClN3O4S/c1-4-23(3)32-30(36)28(5-2)33(21-20-24-12-8-6-9-13-24)29(35)22-34(26-18-16-25(31)17-19-26)39(37,38)27-14-10-7-11-15-27/h6-19,23,28H,4-5,20-22H2,1-3H3,(H,32,36)/t23-,28+/m1/s1. The van der Waals surface area contributed by atoms with Crippen molar-refractivity contribution in [2.45, 2.75) is 57.0 Å². The largest absolute Gasteiger partial charge is 0.352 e. The van der Waals surface area contributed by atoms with E-state index < -0.39 is 28.5 Å². The van der Waals surface area contributed by atoms with Crippen LogP contribution in [0, 0.1) is 0 Å². The summed E-state index contributed by atoms with van der Waals surface area (Å²) in [5.41, 5.74) is 1.32. The van der Waals surface area contributed by atoms with E-state index in [-0.39, 0.29) is 23.4 Å². The van der Waals surface area contributed by atoms with Crippen molar-refractivity contribution in [2.75, 3.05) is 17.4 Å². The Kier molecular flexibility index (Phi) is 10.9. The second-order valence-corrected chi connectivity index (χ2v) is 11.7. The van der Waals surface area contributed by atoms with Crippen molar-refractivity contribution in [2.24, 2.45) is 0 Å². The number of benzene rings is 3. The molecular weight excluding hydrogens is 534 g/mol. The molecule has 3 aromatic carbocycles. The fraction of sp³-hybridized carbons (Fsp3) is 0.333. The number of carbonyl (C=O) groups is 2. The Labute approximate surface area is 236 Å². The monoisotopic (exact) mass is 569 g/mol. The lowest BCUT2D eigenvalue weighted by Gasteiger charge is -2.33. The summed E-state index contributed by atoms with van der Waals surface area (Å²) in [5, 5.41) is 3.43. The minimum absolute atomic E-state index is 0.0540. The Bertz CT molecular complexity index is 1320. The Morgan fingerprint density at radius 3 is 2.03 bits per heavy atom. The third kappa shape index (κ3) is 8.07. The summed E-state index contributed by atoms with van der Waals surface area (Å²) in [5.74, 6) is -0.719. The highest BCUT2D eigenvalue weighted by Crippen LogP contribution is 2.26. The van der Waals surface area contributed by atoms with Gasteiger partial charge in [-0.2, -0.15) is 0 Å². The van der Waals surface area contributed by atoms with E-state index in [1.807, 2.05) is 51.1 Å². The van der Waals surface area contributed by atoms with Crippen LogP contribution < -0.4 is 9.62 Å². The molecule has 0 bridgehead atoms. The lowest BCUT2D eigenvalue weighted by Crippen LogP contribution is -2.54. The molecule has 0 aliphatic heterocycles. The van der Waals surface area contributed by atoms with Crippen molar-refractivity contribution in [1.82, 2.24) is 10.2 Å². The number of hydrogen-bond acceptors (Lipinski definition) is 4. The summed E-state index contributed by atoms with van der Waals surface area (Å²) in [7, 11) is -4.10. The summed E-state index contributed by atoms with van der Waals surface area (Å²) < 4.78 is 28.6. The first-order valence-electron chi connectivity index (χ1n) is 13.1. The van der Waals surface area contributed by atoms with E-state index in [1.54, 1.807) is 42.5 Å². The van der Waals surface area contributed by atoms with Crippen LogP contribution in [0.25, 0.3) is 0 Å². The third-order valence-electron chi connectivity index (χ3n) is 6.60. The van der Waals surface area contributed by atoms with Crippen molar-refractivity contribution in [1.29, 1.82) is 0 Å². The fourth-order valence-corrected chi connectivity index (χ4v) is 5.75. The lowest BCUT2D eigenvalue weighted by atomic mass is 10.1. The first-order chi connectivity index (χ1) is 18.7. The average molecular weight is 570 g/mol. The average Bonchev–Trinajstić information content (AvgIpc) is 2.95. The van der Waals surface area contributed by atoms with Gasteiger partial charge in [-0.15, -0.1) is 0 Å². The van der Waals surface area contributed by atoms with Crippen LogP contribution in [0.4, 0.5) is 5.69 Å². The minimum Gasteiger partial charge on any atom is -0.352 e. The van der Waals surface area contributed by atoms with Gasteiger partial charge in [0.25, 0.3) is 10.0 Å². The van der Waals surface area contributed by atoms with Gasteiger partial charge in [-0.1, -0.05) is 74.0 Å². The van der Waals surface area contributed by atoms with Crippen LogP contribution in [-0.4, -0.2) is 50.3 Å². The highest BCUT2D eigenvalue weighted by molar-refractivity contribution is 7.92.